The molecule has 0 aliphatic carbocycles. The van der Waals surface area contributed by atoms with Crippen LogP contribution in [0.1, 0.15) is 15.9 Å². The fraction of sp³-hybridized carbons (Fsp3) is 0.250. The summed E-state index contributed by atoms with van der Waals surface area (Å²) in [6.07, 6.45) is 2.05. The van der Waals surface area contributed by atoms with Gasteiger partial charge in [0.2, 0.25) is 0 Å². The number of rotatable bonds is 1. The first kappa shape index (κ1) is 9.77. The van der Waals surface area contributed by atoms with E-state index in [0.717, 1.165) is 10.9 Å². The first-order chi connectivity index (χ1) is 7.13. The van der Waals surface area contributed by atoms with Crippen LogP contribution in [-0.4, -0.2) is 17.6 Å². The summed E-state index contributed by atoms with van der Waals surface area (Å²) in [4.78, 5) is 11.3. The Labute approximate surface area is 88.3 Å². The molecule has 2 aromatic rings. The number of aromatic nitrogens is 1. The van der Waals surface area contributed by atoms with Gasteiger partial charge in [-0.3, -0.25) is 0 Å². The molecule has 3 nitrogen and oxygen atoms in total. The number of carbonyl (C=O) groups is 1. The first-order valence-corrected chi connectivity index (χ1v) is 4.77. The van der Waals surface area contributed by atoms with Crippen molar-refractivity contribution in [1.29, 1.82) is 0 Å². The highest BCUT2D eigenvalue weighted by molar-refractivity contribution is 5.95. The number of esters is 1. The van der Waals surface area contributed by atoms with Crippen LogP contribution in [0.5, 0.6) is 0 Å². The van der Waals surface area contributed by atoms with E-state index in [4.69, 9.17) is 0 Å². The largest absolute Gasteiger partial charge is 0.465 e. The molecule has 0 saturated carbocycles. The maximum Gasteiger partial charge on any atom is 0.337 e. The van der Waals surface area contributed by atoms with E-state index in [0.29, 0.717) is 5.56 Å². The average molecular weight is 203 g/mol. The smallest absolute Gasteiger partial charge is 0.337 e. The van der Waals surface area contributed by atoms with Crippen molar-refractivity contribution in [3.63, 3.8) is 0 Å². The first-order valence-electron chi connectivity index (χ1n) is 4.77. The second kappa shape index (κ2) is 3.42. The number of benzene rings is 1. The van der Waals surface area contributed by atoms with Crippen LogP contribution in [0.2, 0.25) is 0 Å². The zero-order valence-corrected chi connectivity index (χ0v) is 9.07. The van der Waals surface area contributed by atoms with E-state index < -0.39 is 0 Å². The lowest BCUT2D eigenvalue weighted by Crippen LogP contribution is -2.00. The van der Waals surface area contributed by atoms with Gasteiger partial charge in [-0.05, 0) is 30.7 Å². The Hall–Kier alpha value is -1.77. The van der Waals surface area contributed by atoms with Gasteiger partial charge in [0.05, 0.1) is 12.7 Å². The molecule has 1 aromatic carbocycles. The summed E-state index contributed by atoms with van der Waals surface area (Å²) in [5.74, 6) is -0.292. The molecular weight excluding hydrogens is 190 g/mol. The van der Waals surface area contributed by atoms with Crippen LogP contribution >= 0.6 is 0 Å². The molecule has 3 heteroatoms. The molecule has 78 valence electrons. The molecule has 1 aromatic heterocycles. The van der Waals surface area contributed by atoms with Crippen LogP contribution in [0.15, 0.2) is 24.4 Å². The Morgan fingerprint density at radius 3 is 2.80 bits per heavy atom. The molecule has 0 aliphatic heterocycles. The second-order valence-electron chi connectivity index (χ2n) is 3.65. The lowest BCUT2D eigenvalue weighted by molar-refractivity contribution is 0.0601. The number of nitrogens with zero attached hydrogens (tertiary/aromatic N) is 1. The quantitative estimate of drug-likeness (QED) is 0.666. The summed E-state index contributed by atoms with van der Waals surface area (Å²) in [5.41, 5.74) is 2.89. The lowest BCUT2D eigenvalue weighted by atomic mass is 10.1. The summed E-state index contributed by atoms with van der Waals surface area (Å²) in [7, 11) is 3.39. The standard InChI is InChI=1S/C12H13NO2/c1-8-7-13(2)11-5-4-9(6-10(8)11)12(14)15-3/h4-7H,1-3H3. The molecule has 0 unspecified atom stereocenters. The third kappa shape index (κ3) is 1.50. The van der Waals surface area contributed by atoms with Gasteiger partial charge in [0, 0.05) is 24.1 Å². The Bertz CT molecular complexity index is 526. The predicted octanol–water partition coefficient (Wildman–Crippen LogP) is 2.27. The molecule has 0 bridgehead atoms. The normalized spacial score (nSPS) is 10.6. The highest BCUT2D eigenvalue weighted by atomic mass is 16.5. The number of hydrogen-bond acceptors (Lipinski definition) is 2. The molecule has 0 aliphatic rings. The molecule has 0 saturated heterocycles. The zero-order chi connectivity index (χ0) is 11.0. The molecule has 15 heavy (non-hydrogen) atoms. The van der Waals surface area contributed by atoms with E-state index in [1.54, 1.807) is 6.07 Å². The SMILES string of the molecule is COC(=O)c1ccc2c(c1)c(C)cn2C. The maximum absolute atomic E-state index is 11.3. The summed E-state index contributed by atoms with van der Waals surface area (Å²) in [6, 6.07) is 5.60. The third-order valence-electron chi connectivity index (χ3n) is 2.61. The van der Waals surface area contributed by atoms with Gasteiger partial charge in [0.15, 0.2) is 0 Å². The maximum atomic E-state index is 11.3. The Morgan fingerprint density at radius 2 is 2.13 bits per heavy atom. The zero-order valence-electron chi connectivity index (χ0n) is 9.07. The Morgan fingerprint density at radius 1 is 1.40 bits per heavy atom. The molecule has 0 amide bonds. The number of aryl methyl sites for hydroxylation is 2. The number of carbonyl (C=O) groups excluding carboxylic acids is 1. The van der Waals surface area contributed by atoms with Gasteiger partial charge in [-0.1, -0.05) is 0 Å². The summed E-state index contributed by atoms with van der Waals surface area (Å²) < 4.78 is 6.73. The lowest BCUT2D eigenvalue weighted by Gasteiger charge is -2.00. The van der Waals surface area contributed by atoms with Crippen LogP contribution in [0.4, 0.5) is 0 Å². The van der Waals surface area contributed by atoms with Crippen LogP contribution in [0.25, 0.3) is 10.9 Å². The number of hydrogen-bond donors (Lipinski definition) is 0. The molecular formula is C12H13NO2. The summed E-state index contributed by atoms with van der Waals surface area (Å²) >= 11 is 0. The molecule has 0 radical (unpaired) electrons. The van der Waals surface area contributed by atoms with Gasteiger partial charge < -0.3 is 9.30 Å². The van der Waals surface area contributed by atoms with Crippen molar-refractivity contribution in [2.75, 3.05) is 7.11 Å². The molecule has 0 spiro atoms. The topological polar surface area (TPSA) is 31.2 Å². The highest BCUT2D eigenvalue weighted by Crippen LogP contribution is 2.21. The van der Waals surface area contributed by atoms with Crippen molar-refractivity contribution in [1.82, 2.24) is 4.57 Å². The van der Waals surface area contributed by atoms with E-state index in [1.807, 2.05) is 36.9 Å². The number of fused-ring (bicyclic) bond motifs is 1. The minimum absolute atomic E-state index is 0.292. The predicted molar refractivity (Wildman–Crippen MR) is 59.0 cm³/mol. The highest BCUT2D eigenvalue weighted by Gasteiger charge is 2.08. The van der Waals surface area contributed by atoms with Crippen molar-refractivity contribution in [2.24, 2.45) is 7.05 Å². The van der Waals surface area contributed by atoms with Gasteiger partial charge in [-0.15, -0.1) is 0 Å². The van der Waals surface area contributed by atoms with Crippen molar-refractivity contribution in [2.45, 2.75) is 6.92 Å². The van der Waals surface area contributed by atoms with E-state index in [2.05, 4.69) is 4.74 Å². The number of methoxy groups -OCH3 is 1. The molecule has 1 heterocycles. The van der Waals surface area contributed by atoms with Gasteiger partial charge in [-0.2, -0.15) is 0 Å². The molecule has 0 fully saturated rings. The Balaban J connectivity index is 2.65. The van der Waals surface area contributed by atoms with Crippen molar-refractivity contribution >= 4 is 16.9 Å². The van der Waals surface area contributed by atoms with Crippen LogP contribution in [-0.2, 0) is 11.8 Å². The van der Waals surface area contributed by atoms with Gasteiger partial charge in [0.25, 0.3) is 0 Å². The molecule has 0 atom stereocenters. The summed E-state index contributed by atoms with van der Waals surface area (Å²) in [6.45, 7) is 2.03. The van der Waals surface area contributed by atoms with Crippen molar-refractivity contribution < 1.29 is 9.53 Å². The van der Waals surface area contributed by atoms with Gasteiger partial charge >= 0.3 is 5.97 Å². The fourth-order valence-corrected chi connectivity index (χ4v) is 1.83. The van der Waals surface area contributed by atoms with E-state index >= 15 is 0 Å². The van der Waals surface area contributed by atoms with E-state index in [9.17, 15) is 4.79 Å². The minimum Gasteiger partial charge on any atom is -0.465 e. The van der Waals surface area contributed by atoms with E-state index in [-0.39, 0.29) is 5.97 Å². The van der Waals surface area contributed by atoms with Crippen LogP contribution < -0.4 is 0 Å². The minimum atomic E-state index is -0.292. The fourth-order valence-electron chi connectivity index (χ4n) is 1.83. The van der Waals surface area contributed by atoms with Gasteiger partial charge in [-0.25, -0.2) is 4.79 Å². The summed E-state index contributed by atoms with van der Waals surface area (Å²) in [5, 5.41) is 1.10. The number of ether oxygens (including phenoxy) is 1. The van der Waals surface area contributed by atoms with Crippen molar-refractivity contribution in [3.05, 3.63) is 35.5 Å². The molecule has 0 N–H and O–H groups in total. The van der Waals surface area contributed by atoms with Crippen LogP contribution in [0.3, 0.4) is 0 Å². The van der Waals surface area contributed by atoms with E-state index in [1.165, 1.54) is 12.7 Å². The Kier molecular flexibility index (Phi) is 2.23. The second-order valence-corrected chi connectivity index (χ2v) is 3.65. The molecule has 2 rings (SSSR count). The van der Waals surface area contributed by atoms with Crippen LogP contribution in [0, 0.1) is 6.92 Å². The monoisotopic (exact) mass is 203 g/mol. The average Bonchev–Trinajstić information content (AvgIpc) is 2.53. The van der Waals surface area contributed by atoms with Gasteiger partial charge in [0.1, 0.15) is 0 Å². The van der Waals surface area contributed by atoms with Crippen molar-refractivity contribution in [3.8, 4) is 0 Å². The third-order valence-corrected chi connectivity index (χ3v) is 2.61.